The zero-order valence-corrected chi connectivity index (χ0v) is 9.16. The molecule has 0 saturated heterocycles. The van der Waals surface area contributed by atoms with Gasteiger partial charge in [0.25, 0.3) is 0 Å². The van der Waals surface area contributed by atoms with Crippen molar-refractivity contribution in [2.24, 2.45) is 0 Å². The topological polar surface area (TPSA) is 26.2 Å². The van der Waals surface area contributed by atoms with Gasteiger partial charge in [0.15, 0.2) is 0 Å². The van der Waals surface area contributed by atoms with E-state index in [0.717, 1.165) is 6.54 Å². The number of rotatable bonds is 4. The largest absolute Gasteiger partial charge is 0.364 e. The lowest BCUT2D eigenvalue weighted by atomic mass is 10.1. The van der Waals surface area contributed by atoms with Crippen LogP contribution in [0.3, 0.4) is 0 Å². The lowest BCUT2D eigenvalue weighted by Crippen LogP contribution is -2.05. The number of nitrogens with one attached hydrogen (secondary N) is 1. The summed E-state index contributed by atoms with van der Waals surface area (Å²) in [5.74, 6) is 0. The Bertz CT molecular complexity index is 448. The lowest BCUT2D eigenvalue weighted by Gasteiger charge is -2.05. The summed E-state index contributed by atoms with van der Waals surface area (Å²) in [5, 5.41) is 4.41. The van der Waals surface area contributed by atoms with Crippen LogP contribution in [-0.2, 0) is 18.0 Å². The third-order valence-electron chi connectivity index (χ3n) is 2.49. The van der Waals surface area contributed by atoms with Crippen molar-refractivity contribution in [3.05, 3.63) is 36.0 Å². The summed E-state index contributed by atoms with van der Waals surface area (Å²) in [7, 11) is 3.67. The van der Waals surface area contributed by atoms with Gasteiger partial charge < -0.3 is 14.6 Å². The summed E-state index contributed by atoms with van der Waals surface area (Å²) in [5.41, 5.74) is 2.52. The van der Waals surface area contributed by atoms with E-state index in [4.69, 9.17) is 4.74 Å². The van der Waals surface area contributed by atoms with E-state index in [9.17, 15) is 0 Å². The van der Waals surface area contributed by atoms with Crippen LogP contribution in [-0.4, -0.2) is 18.7 Å². The highest BCUT2D eigenvalue weighted by Gasteiger charge is 2.01. The predicted molar refractivity (Wildman–Crippen MR) is 61.7 cm³/mol. The lowest BCUT2D eigenvalue weighted by molar-refractivity contribution is 0.135. The first-order valence-corrected chi connectivity index (χ1v) is 5.06. The van der Waals surface area contributed by atoms with Crippen molar-refractivity contribution in [3.8, 4) is 0 Å². The van der Waals surface area contributed by atoms with Crippen molar-refractivity contribution >= 4 is 10.9 Å². The highest BCUT2D eigenvalue weighted by molar-refractivity contribution is 5.80. The minimum absolute atomic E-state index is 0.604. The number of fused-ring (bicyclic) bond motifs is 1. The highest BCUT2D eigenvalue weighted by atomic mass is 16.5. The maximum Gasteiger partial charge on any atom is 0.122 e. The first kappa shape index (κ1) is 10.2. The second-order valence-electron chi connectivity index (χ2n) is 3.63. The molecule has 3 nitrogen and oxygen atoms in total. The number of hydrogen-bond acceptors (Lipinski definition) is 2. The van der Waals surface area contributed by atoms with E-state index in [0.29, 0.717) is 6.73 Å². The molecule has 1 aromatic heterocycles. The molecule has 0 aliphatic carbocycles. The normalized spacial score (nSPS) is 11.1. The number of nitrogens with zero attached hydrogens (tertiary/aromatic N) is 1. The van der Waals surface area contributed by atoms with Crippen LogP contribution < -0.4 is 5.32 Å². The van der Waals surface area contributed by atoms with Crippen LogP contribution >= 0.6 is 0 Å². The first-order chi connectivity index (χ1) is 7.35. The quantitative estimate of drug-likeness (QED) is 0.824. The summed E-state index contributed by atoms with van der Waals surface area (Å²) in [6, 6.07) is 8.60. The van der Waals surface area contributed by atoms with E-state index in [1.54, 1.807) is 7.11 Å². The zero-order valence-electron chi connectivity index (χ0n) is 9.16. The molecule has 2 aromatic rings. The fraction of sp³-hybridized carbons (Fsp3) is 0.333. The summed E-state index contributed by atoms with van der Waals surface area (Å²) in [4.78, 5) is 0. The van der Waals surface area contributed by atoms with Crippen molar-refractivity contribution in [2.45, 2.75) is 13.3 Å². The van der Waals surface area contributed by atoms with Crippen molar-refractivity contribution in [1.82, 2.24) is 9.88 Å². The van der Waals surface area contributed by atoms with Crippen LogP contribution in [0.1, 0.15) is 5.56 Å². The van der Waals surface area contributed by atoms with Crippen molar-refractivity contribution < 1.29 is 4.74 Å². The van der Waals surface area contributed by atoms with Crippen LogP contribution in [0.4, 0.5) is 0 Å². The van der Waals surface area contributed by atoms with Gasteiger partial charge in [-0.3, -0.25) is 0 Å². The molecule has 0 bridgehead atoms. The van der Waals surface area contributed by atoms with Gasteiger partial charge in [0.05, 0.1) is 5.52 Å². The van der Waals surface area contributed by atoms with Gasteiger partial charge in [0, 0.05) is 19.9 Å². The Labute approximate surface area is 89.7 Å². The Morgan fingerprint density at radius 3 is 2.93 bits per heavy atom. The molecule has 0 saturated carbocycles. The minimum atomic E-state index is 0.604. The second kappa shape index (κ2) is 4.47. The number of benzene rings is 1. The molecule has 0 aliphatic heterocycles. The Balaban J connectivity index is 2.42. The van der Waals surface area contributed by atoms with Gasteiger partial charge in [-0.15, -0.1) is 0 Å². The maximum absolute atomic E-state index is 5.14. The number of methoxy groups -OCH3 is 1. The summed E-state index contributed by atoms with van der Waals surface area (Å²) in [6.07, 6.45) is 2.05. The van der Waals surface area contributed by atoms with E-state index in [2.05, 4.69) is 40.3 Å². The van der Waals surface area contributed by atoms with Gasteiger partial charge in [-0.1, -0.05) is 12.1 Å². The molecule has 0 fully saturated rings. The van der Waals surface area contributed by atoms with Crippen LogP contribution in [0.25, 0.3) is 10.9 Å². The number of hydrogen-bond donors (Lipinski definition) is 1. The summed E-state index contributed by atoms with van der Waals surface area (Å²) in [6.45, 7) is 1.50. The third-order valence-corrected chi connectivity index (χ3v) is 2.49. The van der Waals surface area contributed by atoms with E-state index in [-0.39, 0.29) is 0 Å². The molecule has 3 heteroatoms. The summed E-state index contributed by atoms with van der Waals surface area (Å²) < 4.78 is 7.25. The molecule has 0 amide bonds. The van der Waals surface area contributed by atoms with Gasteiger partial charge in [0.1, 0.15) is 6.73 Å². The van der Waals surface area contributed by atoms with E-state index >= 15 is 0 Å². The van der Waals surface area contributed by atoms with Crippen molar-refractivity contribution in [1.29, 1.82) is 0 Å². The molecule has 0 unspecified atom stereocenters. The molecule has 2 rings (SSSR count). The number of ether oxygens (including phenoxy) is 1. The standard InChI is InChI=1S/C12H16N2O/c1-13-8-10-3-4-11-5-6-14(9-15-2)12(11)7-10/h3-7,13H,8-9H2,1-2H3. The molecule has 0 radical (unpaired) electrons. The predicted octanol–water partition coefficient (Wildman–Crippen LogP) is 1.96. The van der Waals surface area contributed by atoms with E-state index in [1.807, 2.05) is 7.05 Å². The Hall–Kier alpha value is -1.32. The van der Waals surface area contributed by atoms with Crippen LogP contribution in [0.5, 0.6) is 0 Å². The fourth-order valence-electron chi connectivity index (χ4n) is 1.80. The molecule has 1 aromatic carbocycles. The van der Waals surface area contributed by atoms with Gasteiger partial charge in [-0.2, -0.15) is 0 Å². The van der Waals surface area contributed by atoms with Crippen molar-refractivity contribution in [2.75, 3.05) is 14.2 Å². The van der Waals surface area contributed by atoms with Gasteiger partial charge in [0.2, 0.25) is 0 Å². The Kier molecular flexibility index (Phi) is 3.04. The SMILES string of the molecule is CNCc1ccc2ccn(COC)c2c1. The molecular weight excluding hydrogens is 188 g/mol. The smallest absolute Gasteiger partial charge is 0.122 e. The summed E-state index contributed by atoms with van der Waals surface area (Å²) >= 11 is 0. The molecule has 0 spiro atoms. The second-order valence-corrected chi connectivity index (χ2v) is 3.63. The van der Waals surface area contributed by atoms with Gasteiger partial charge in [-0.25, -0.2) is 0 Å². The zero-order chi connectivity index (χ0) is 10.7. The molecule has 0 atom stereocenters. The maximum atomic E-state index is 5.14. The third kappa shape index (κ3) is 2.03. The molecular formula is C12H16N2O. The van der Waals surface area contributed by atoms with E-state index < -0.39 is 0 Å². The fourth-order valence-corrected chi connectivity index (χ4v) is 1.80. The van der Waals surface area contributed by atoms with Gasteiger partial charge >= 0.3 is 0 Å². The molecule has 15 heavy (non-hydrogen) atoms. The average Bonchev–Trinajstić information content (AvgIpc) is 2.63. The van der Waals surface area contributed by atoms with E-state index in [1.165, 1.54) is 16.5 Å². The molecule has 80 valence electrons. The Morgan fingerprint density at radius 2 is 2.20 bits per heavy atom. The molecule has 0 aliphatic rings. The van der Waals surface area contributed by atoms with Crippen molar-refractivity contribution in [3.63, 3.8) is 0 Å². The molecule has 1 heterocycles. The first-order valence-electron chi connectivity index (χ1n) is 5.06. The van der Waals surface area contributed by atoms with Crippen LogP contribution in [0.15, 0.2) is 30.5 Å². The van der Waals surface area contributed by atoms with Gasteiger partial charge in [-0.05, 0) is 30.1 Å². The number of aromatic nitrogens is 1. The van der Waals surface area contributed by atoms with Crippen LogP contribution in [0, 0.1) is 0 Å². The minimum Gasteiger partial charge on any atom is -0.364 e. The highest BCUT2D eigenvalue weighted by Crippen LogP contribution is 2.17. The monoisotopic (exact) mass is 204 g/mol. The van der Waals surface area contributed by atoms with Crippen LogP contribution in [0.2, 0.25) is 0 Å². The Morgan fingerprint density at radius 1 is 1.33 bits per heavy atom. The molecule has 1 N–H and O–H groups in total. The average molecular weight is 204 g/mol.